The Balaban J connectivity index is 1.47. The first-order valence-electron chi connectivity index (χ1n) is 13.6. The van der Waals surface area contributed by atoms with Crippen LogP contribution in [-0.2, 0) is 11.0 Å². The molecule has 0 amide bonds. The number of aliphatic carboxylic acids is 1. The first-order valence-corrected chi connectivity index (χ1v) is 13.6. The molecule has 5 nitrogen and oxygen atoms in total. The minimum Gasteiger partial charge on any atom is -0.481 e. The summed E-state index contributed by atoms with van der Waals surface area (Å²) in [5.74, 6) is -0.108. The average Bonchev–Trinajstić information content (AvgIpc) is 3.25. The topological polar surface area (TPSA) is 47.0 Å². The molecule has 8 heteroatoms. The minimum atomic E-state index is -4.41. The average molecular weight is 522 g/mol. The van der Waals surface area contributed by atoms with Gasteiger partial charge in [-0.05, 0) is 76.0 Å². The Labute approximate surface area is 219 Å². The standard InChI is InChI=1S/C29H42F3N3O2/c1-19-17-35(28(3,4)5)18-25(19)20(2)33-12-8-21(9-13-33)24-7-6-23(29(30,31)32)16-26(24)34-14-10-22(11-15-34)27(36)37/h6-7,16,19,21-22,25H,2,8-15,17-18H2,1,3-5H3,(H,36,37). The van der Waals surface area contributed by atoms with Crippen LogP contribution in [0.4, 0.5) is 18.9 Å². The normalized spacial score (nSPS) is 25.1. The molecule has 4 rings (SSSR count). The maximum Gasteiger partial charge on any atom is 0.416 e. The molecule has 2 atom stereocenters. The number of carboxylic acid groups (broad SMARTS) is 1. The first kappa shape index (κ1) is 27.8. The number of hydrogen-bond donors (Lipinski definition) is 1. The van der Waals surface area contributed by atoms with Crippen LogP contribution >= 0.6 is 0 Å². The number of alkyl halides is 3. The number of rotatable bonds is 5. The Kier molecular flexibility index (Phi) is 7.89. The fourth-order valence-electron chi connectivity index (χ4n) is 6.37. The van der Waals surface area contributed by atoms with Gasteiger partial charge in [0.05, 0.1) is 11.5 Å². The van der Waals surface area contributed by atoms with Gasteiger partial charge in [0.15, 0.2) is 0 Å². The van der Waals surface area contributed by atoms with Crippen molar-refractivity contribution in [3.8, 4) is 0 Å². The van der Waals surface area contributed by atoms with Crippen LogP contribution in [0.1, 0.15) is 70.4 Å². The fourth-order valence-corrected chi connectivity index (χ4v) is 6.37. The SMILES string of the molecule is C=C(C1CN(C(C)(C)C)CC1C)N1CCC(c2ccc(C(F)(F)F)cc2N2CCC(C(=O)O)CC2)CC1. The smallest absolute Gasteiger partial charge is 0.416 e. The second kappa shape index (κ2) is 10.5. The van der Waals surface area contributed by atoms with Gasteiger partial charge in [0, 0.05) is 62.1 Å². The second-order valence-corrected chi connectivity index (χ2v) is 12.3. The quantitative estimate of drug-likeness (QED) is 0.510. The predicted octanol–water partition coefficient (Wildman–Crippen LogP) is 6.07. The van der Waals surface area contributed by atoms with Crippen molar-refractivity contribution in [2.24, 2.45) is 17.8 Å². The summed E-state index contributed by atoms with van der Waals surface area (Å²) in [6, 6.07) is 4.15. The van der Waals surface area contributed by atoms with E-state index >= 15 is 0 Å². The summed E-state index contributed by atoms with van der Waals surface area (Å²) >= 11 is 0. The molecule has 0 aromatic heterocycles. The van der Waals surface area contributed by atoms with Crippen LogP contribution in [0.15, 0.2) is 30.5 Å². The van der Waals surface area contributed by atoms with Crippen molar-refractivity contribution in [2.45, 2.75) is 71.0 Å². The van der Waals surface area contributed by atoms with Crippen molar-refractivity contribution >= 4 is 11.7 Å². The van der Waals surface area contributed by atoms with Gasteiger partial charge in [0.2, 0.25) is 0 Å². The number of piperidine rings is 2. The van der Waals surface area contributed by atoms with Crippen molar-refractivity contribution in [3.05, 3.63) is 41.6 Å². The van der Waals surface area contributed by atoms with E-state index in [1.54, 1.807) is 6.07 Å². The number of benzene rings is 1. The summed E-state index contributed by atoms with van der Waals surface area (Å²) < 4.78 is 40.7. The maximum absolute atomic E-state index is 13.6. The Hall–Kier alpha value is -2.22. The molecule has 3 fully saturated rings. The van der Waals surface area contributed by atoms with Crippen LogP contribution < -0.4 is 4.90 Å². The van der Waals surface area contributed by atoms with Gasteiger partial charge in [-0.3, -0.25) is 9.69 Å². The van der Waals surface area contributed by atoms with Gasteiger partial charge in [0.1, 0.15) is 0 Å². The second-order valence-electron chi connectivity index (χ2n) is 12.3. The Bertz CT molecular complexity index is 987. The van der Waals surface area contributed by atoms with E-state index in [4.69, 9.17) is 0 Å². The van der Waals surface area contributed by atoms with Gasteiger partial charge in [-0.25, -0.2) is 0 Å². The number of likely N-dealkylation sites (tertiary alicyclic amines) is 2. The maximum atomic E-state index is 13.6. The number of carbonyl (C=O) groups is 1. The molecule has 0 bridgehead atoms. The predicted molar refractivity (Wildman–Crippen MR) is 141 cm³/mol. The lowest BCUT2D eigenvalue weighted by atomic mass is 9.85. The van der Waals surface area contributed by atoms with E-state index in [1.165, 1.54) is 17.8 Å². The van der Waals surface area contributed by atoms with Crippen LogP contribution in [0.25, 0.3) is 0 Å². The van der Waals surface area contributed by atoms with Gasteiger partial charge in [-0.2, -0.15) is 13.2 Å². The Morgan fingerprint density at radius 2 is 1.62 bits per heavy atom. The van der Waals surface area contributed by atoms with Gasteiger partial charge >= 0.3 is 12.1 Å². The lowest BCUT2D eigenvalue weighted by molar-refractivity contribution is -0.142. The molecule has 0 radical (unpaired) electrons. The molecular formula is C29H42F3N3O2. The molecule has 3 heterocycles. The van der Waals surface area contributed by atoms with Gasteiger partial charge in [-0.1, -0.05) is 19.6 Å². The van der Waals surface area contributed by atoms with Crippen molar-refractivity contribution in [3.63, 3.8) is 0 Å². The van der Waals surface area contributed by atoms with E-state index in [0.717, 1.165) is 44.6 Å². The lowest BCUT2D eigenvalue weighted by Gasteiger charge is -2.40. The fraction of sp³-hybridized carbons (Fsp3) is 0.690. The number of nitrogens with zero attached hydrogens (tertiary/aromatic N) is 3. The van der Waals surface area contributed by atoms with Gasteiger partial charge in [-0.15, -0.1) is 0 Å². The van der Waals surface area contributed by atoms with Crippen molar-refractivity contribution in [2.75, 3.05) is 44.2 Å². The summed E-state index contributed by atoms with van der Waals surface area (Å²) in [6.07, 6.45) is -1.77. The third kappa shape index (κ3) is 6.10. The summed E-state index contributed by atoms with van der Waals surface area (Å²) in [5, 5.41) is 9.34. The zero-order chi connectivity index (χ0) is 27.1. The van der Waals surface area contributed by atoms with E-state index in [0.29, 0.717) is 43.5 Å². The number of hydrogen-bond acceptors (Lipinski definition) is 4. The molecule has 3 aliphatic rings. The molecule has 1 aromatic carbocycles. The highest BCUT2D eigenvalue weighted by Gasteiger charge is 2.39. The molecule has 0 aliphatic carbocycles. The van der Waals surface area contributed by atoms with Gasteiger partial charge in [0.25, 0.3) is 0 Å². The van der Waals surface area contributed by atoms with E-state index in [2.05, 4.69) is 44.1 Å². The highest BCUT2D eigenvalue weighted by Crippen LogP contribution is 2.42. The Morgan fingerprint density at radius 1 is 1.00 bits per heavy atom. The van der Waals surface area contributed by atoms with Crippen LogP contribution in [-0.4, -0.2) is 65.7 Å². The van der Waals surface area contributed by atoms with Crippen molar-refractivity contribution < 1.29 is 23.1 Å². The molecule has 2 unspecified atom stereocenters. The third-order valence-corrected chi connectivity index (χ3v) is 8.87. The molecule has 0 saturated carbocycles. The summed E-state index contributed by atoms with van der Waals surface area (Å²) in [7, 11) is 0. The minimum absolute atomic E-state index is 0.133. The zero-order valence-electron chi connectivity index (χ0n) is 22.7. The molecular weight excluding hydrogens is 479 g/mol. The molecule has 37 heavy (non-hydrogen) atoms. The van der Waals surface area contributed by atoms with Crippen molar-refractivity contribution in [1.29, 1.82) is 0 Å². The van der Waals surface area contributed by atoms with Crippen molar-refractivity contribution in [1.82, 2.24) is 9.80 Å². The van der Waals surface area contributed by atoms with Gasteiger partial charge < -0.3 is 14.9 Å². The van der Waals surface area contributed by atoms with E-state index in [1.807, 2.05) is 4.90 Å². The Morgan fingerprint density at radius 3 is 2.14 bits per heavy atom. The van der Waals surface area contributed by atoms with E-state index < -0.39 is 23.6 Å². The van der Waals surface area contributed by atoms with Crippen LogP contribution in [0.2, 0.25) is 0 Å². The summed E-state index contributed by atoms with van der Waals surface area (Å²) in [6.45, 7) is 18.3. The largest absolute Gasteiger partial charge is 0.481 e. The van der Waals surface area contributed by atoms with E-state index in [9.17, 15) is 23.1 Å². The zero-order valence-corrected chi connectivity index (χ0v) is 22.7. The molecule has 206 valence electrons. The third-order valence-electron chi connectivity index (χ3n) is 8.87. The molecule has 3 aliphatic heterocycles. The van der Waals surface area contributed by atoms with Crippen LogP contribution in [0.5, 0.6) is 0 Å². The highest BCUT2D eigenvalue weighted by atomic mass is 19.4. The van der Waals surface area contributed by atoms with E-state index in [-0.39, 0.29) is 11.5 Å². The highest BCUT2D eigenvalue weighted by molar-refractivity contribution is 5.70. The number of halogens is 3. The molecule has 0 spiro atoms. The number of carboxylic acids is 1. The molecule has 3 saturated heterocycles. The number of anilines is 1. The monoisotopic (exact) mass is 521 g/mol. The molecule has 1 aromatic rings. The summed E-state index contributed by atoms with van der Waals surface area (Å²) in [4.78, 5) is 18.3. The molecule has 1 N–H and O–H groups in total. The first-order chi connectivity index (χ1) is 17.3. The lowest BCUT2D eigenvalue weighted by Crippen LogP contribution is -2.40. The van der Waals surface area contributed by atoms with Crippen LogP contribution in [0, 0.1) is 17.8 Å². The van der Waals surface area contributed by atoms with Crippen LogP contribution in [0.3, 0.4) is 0 Å². The summed E-state index contributed by atoms with van der Waals surface area (Å²) in [5.41, 5.74) is 2.27.